The Bertz CT molecular complexity index is 845. The van der Waals surface area contributed by atoms with Gasteiger partial charge in [0.2, 0.25) is 0 Å². The highest BCUT2D eigenvalue weighted by molar-refractivity contribution is 5.81. The first kappa shape index (κ1) is 18.5. The van der Waals surface area contributed by atoms with Crippen LogP contribution >= 0.6 is 0 Å². The second-order valence-electron chi connectivity index (χ2n) is 7.25. The molecule has 0 bridgehead atoms. The summed E-state index contributed by atoms with van der Waals surface area (Å²) in [6.07, 6.45) is 0.276. The zero-order valence-corrected chi connectivity index (χ0v) is 15.7. The van der Waals surface area contributed by atoms with Gasteiger partial charge in [-0.1, -0.05) is 48.5 Å². The monoisotopic (exact) mass is 381 g/mol. The van der Waals surface area contributed by atoms with Crippen molar-refractivity contribution < 1.29 is 24.2 Å². The molecule has 1 amide bonds. The van der Waals surface area contributed by atoms with Gasteiger partial charge >= 0.3 is 12.1 Å². The summed E-state index contributed by atoms with van der Waals surface area (Å²) in [5.74, 6) is -1.14. The number of hydrogen-bond acceptors (Lipinski definition) is 4. The van der Waals surface area contributed by atoms with Crippen LogP contribution in [0.4, 0.5) is 4.79 Å². The van der Waals surface area contributed by atoms with E-state index in [0.29, 0.717) is 13.0 Å². The normalized spacial score (nSPS) is 19.0. The van der Waals surface area contributed by atoms with Crippen molar-refractivity contribution in [2.45, 2.75) is 30.9 Å². The minimum atomic E-state index is -1.08. The van der Waals surface area contributed by atoms with E-state index in [-0.39, 0.29) is 12.5 Å². The topological polar surface area (TPSA) is 76.1 Å². The third-order valence-corrected chi connectivity index (χ3v) is 5.61. The van der Waals surface area contributed by atoms with E-state index in [0.717, 1.165) is 33.6 Å². The number of carbonyl (C=O) groups excluding carboxylic acids is 1. The molecule has 2 atom stereocenters. The highest BCUT2D eigenvalue weighted by atomic mass is 16.6. The average molecular weight is 381 g/mol. The zero-order chi connectivity index (χ0) is 19.7. The molecule has 0 saturated carbocycles. The van der Waals surface area contributed by atoms with E-state index in [2.05, 4.69) is 12.1 Å². The Morgan fingerprint density at radius 1 is 1.14 bits per heavy atom. The number of ether oxygens (including phenoxy) is 2. The fraction of sp³-hybridized carbons (Fsp3) is 0.364. The molecule has 1 saturated heterocycles. The number of carboxylic acids is 1. The summed E-state index contributed by atoms with van der Waals surface area (Å²) in [5.41, 5.74) is 4.53. The minimum absolute atomic E-state index is 0.0595. The third kappa shape index (κ3) is 3.24. The molecule has 1 aliphatic carbocycles. The summed E-state index contributed by atoms with van der Waals surface area (Å²) in [6.45, 7) is 0.683. The molecule has 28 heavy (non-hydrogen) atoms. The number of amides is 1. The predicted octanol–water partition coefficient (Wildman–Crippen LogP) is 3.50. The number of aliphatic carboxylic acids is 1. The van der Waals surface area contributed by atoms with E-state index >= 15 is 0 Å². The predicted molar refractivity (Wildman–Crippen MR) is 103 cm³/mol. The van der Waals surface area contributed by atoms with E-state index in [1.165, 1.54) is 7.05 Å². The van der Waals surface area contributed by atoms with Crippen molar-refractivity contribution in [3.8, 4) is 11.1 Å². The molecular weight excluding hydrogens is 358 g/mol. The average Bonchev–Trinajstić information content (AvgIpc) is 3.32. The summed E-state index contributed by atoms with van der Waals surface area (Å²) in [4.78, 5) is 25.4. The van der Waals surface area contributed by atoms with Crippen LogP contribution in [0, 0.1) is 0 Å². The molecule has 6 nitrogen and oxygen atoms in total. The van der Waals surface area contributed by atoms with Crippen LogP contribution in [0.15, 0.2) is 48.5 Å². The molecular formula is C22H23NO5. The first-order valence-corrected chi connectivity index (χ1v) is 9.50. The van der Waals surface area contributed by atoms with E-state index < -0.39 is 24.2 Å². The number of fused-ring (bicyclic) bond motifs is 3. The van der Waals surface area contributed by atoms with Gasteiger partial charge in [0.15, 0.2) is 6.04 Å². The van der Waals surface area contributed by atoms with Gasteiger partial charge in [-0.2, -0.15) is 0 Å². The van der Waals surface area contributed by atoms with Gasteiger partial charge in [0, 0.05) is 19.6 Å². The Hall–Kier alpha value is -2.86. The van der Waals surface area contributed by atoms with Gasteiger partial charge in [-0.05, 0) is 35.1 Å². The van der Waals surface area contributed by atoms with Crippen molar-refractivity contribution in [2.75, 3.05) is 20.3 Å². The van der Waals surface area contributed by atoms with Crippen LogP contribution < -0.4 is 0 Å². The van der Waals surface area contributed by atoms with Crippen LogP contribution in [-0.2, 0) is 14.3 Å². The quantitative estimate of drug-likeness (QED) is 0.858. The highest BCUT2D eigenvalue weighted by Gasteiger charge is 2.38. The number of benzene rings is 2. The number of carbonyl (C=O) groups is 2. The summed E-state index contributed by atoms with van der Waals surface area (Å²) in [7, 11) is 1.46. The maximum absolute atomic E-state index is 12.6. The largest absolute Gasteiger partial charge is 0.480 e. The molecule has 146 valence electrons. The van der Waals surface area contributed by atoms with Crippen molar-refractivity contribution >= 4 is 12.1 Å². The molecule has 4 rings (SSSR count). The number of likely N-dealkylation sites (N-methyl/N-ethyl adjacent to an activating group) is 1. The van der Waals surface area contributed by atoms with Gasteiger partial charge in [0.05, 0.1) is 6.10 Å². The van der Waals surface area contributed by atoms with Crippen molar-refractivity contribution in [2.24, 2.45) is 0 Å². The first-order valence-electron chi connectivity index (χ1n) is 9.50. The molecule has 1 aliphatic heterocycles. The minimum Gasteiger partial charge on any atom is -0.480 e. The summed E-state index contributed by atoms with van der Waals surface area (Å²) in [5, 5.41) is 9.56. The summed E-state index contributed by atoms with van der Waals surface area (Å²) < 4.78 is 11.0. The lowest BCUT2D eigenvalue weighted by Crippen LogP contribution is -2.49. The maximum atomic E-state index is 12.6. The van der Waals surface area contributed by atoms with Crippen molar-refractivity contribution in [3.05, 3.63) is 59.7 Å². The number of rotatable bonds is 5. The molecule has 6 heteroatoms. The molecule has 2 aliphatic rings. The first-order chi connectivity index (χ1) is 13.6. The van der Waals surface area contributed by atoms with E-state index in [4.69, 9.17) is 9.47 Å². The van der Waals surface area contributed by atoms with E-state index in [1.807, 2.05) is 36.4 Å². The second-order valence-corrected chi connectivity index (χ2v) is 7.25. The van der Waals surface area contributed by atoms with Gasteiger partial charge in [0.25, 0.3) is 0 Å². The Balaban J connectivity index is 1.49. The Morgan fingerprint density at radius 3 is 2.29 bits per heavy atom. The molecule has 2 aromatic carbocycles. The van der Waals surface area contributed by atoms with Crippen LogP contribution in [0.2, 0.25) is 0 Å². The molecule has 1 N–H and O–H groups in total. The van der Waals surface area contributed by atoms with Gasteiger partial charge < -0.3 is 14.6 Å². The van der Waals surface area contributed by atoms with Gasteiger partial charge in [0.1, 0.15) is 6.61 Å². The molecule has 2 aromatic rings. The standard InChI is InChI=1S/C22H23NO5/c1-23(20(21(24)25)19-11-6-12-27-19)22(26)28-13-18-16-9-4-2-7-14(16)15-8-3-5-10-17(15)18/h2-5,7-10,18-20H,6,11-13H2,1H3,(H,24,25). The number of hydrogen-bond donors (Lipinski definition) is 1. The van der Waals surface area contributed by atoms with Crippen LogP contribution in [-0.4, -0.2) is 54.5 Å². The van der Waals surface area contributed by atoms with E-state index in [9.17, 15) is 14.7 Å². The molecule has 0 spiro atoms. The number of carboxylic acid groups (broad SMARTS) is 1. The molecule has 2 unspecified atom stereocenters. The maximum Gasteiger partial charge on any atom is 0.410 e. The van der Waals surface area contributed by atoms with Crippen LogP contribution in [0.25, 0.3) is 11.1 Å². The van der Waals surface area contributed by atoms with Gasteiger partial charge in [-0.3, -0.25) is 4.90 Å². The summed E-state index contributed by atoms with van der Waals surface area (Å²) in [6, 6.07) is 15.1. The third-order valence-electron chi connectivity index (χ3n) is 5.61. The smallest absolute Gasteiger partial charge is 0.410 e. The zero-order valence-electron chi connectivity index (χ0n) is 15.7. The Kier molecular flexibility index (Phi) is 5.05. The van der Waals surface area contributed by atoms with E-state index in [1.54, 1.807) is 0 Å². The molecule has 1 heterocycles. The van der Waals surface area contributed by atoms with Crippen LogP contribution in [0.5, 0.6) is 0 Å². The fourth-order valence-electron chi connectivity index (χ4n) is 4.24. The Morgan fingerprint density at radius 2 is 1.75 bits per heavy atom. The molecule has 1 fully saturated rings. The van der Waals surface area contributed by atoms with Crippen molar-refractivity contribution in [1.29, 1.82) is 0 Å². The van der Waals surface area contributed by atoms with Gasteiger partial charge in [-0.25, -0.2) is 9.59 Å². The summed E-state index contributed by atoms with van der Waals surface area (Å²) >= 11 is 0. The van der Waals surface area contributed by atoms with Gasteiger partial charge in [-0.15, -0.1) is 0 Å². The fourth-order valence-corrected chi connectivity index (χ4v) is 4.24. The SMILES string of the molecule is CN(C(=O)OCC1c2ccccc2-c2ccccc21)C(C(=O)O)C1CCCO1. The van der Waals surface area contributed by atoms with Crippen LogP contribution in [0.3, 0.4) is 0 Å². The lowest BCUT2D eigenvalue weighted by Gasteiger charge is -2.28. The van der Waals surface area contributed by atoms with Crippen molar-refractivity contribution in [1.82, 2.24) is 4.90 Å². The second kappa shape index (κ2) is 7.64. The number of nitrogens with zero attached hydrogens (tertiary/aromatic N) is 1. The molecule has 0 radical (unpaired) electrons. The van der Waals surface area contributed by atoms with Crippen molar-refractivity contribution in [3.63, 3.8) is 0 Å². The lowest BCUT2D eigenvalue weighted by molar-refractivity contribution is -0.146. The highest BCUT2D eigenvalue weighted by Crippen LogP contribution is 2.44. The van der Waals surface area contributed by atoms with Crippen LogP contribution in [0.1, 0.15) is 29.9 Å². The lowest BCUT2D eigenvalue weighted by atomic mass is 9.98. The molecule has 0 aromatic heterocycles. The Labute approximate surface area is 163 Å².